The number of anilines is 2. The van der Waals surface area contributed by atoms with Gasteiger partial charge in [-0.15, -0.1) is 11.3 Å². The highest BCUT2D eigenvalue weighted by Crippen LogP contribution is 2.40. The Balaban J connectivity index is 3.27. The summed E-state index contributed by atoms with van der Waals surface area (Å²) in [6, 6.07) is 0. The van der Waals surface area contributed by atoms with Gasteiger partial charge in [0.05, 0.1) is 24.7 Å². The van der Waals surface area contributed by atoms with Crippen LogP contribution in [0.1, 0.15) is 23.5 Å². The molecule has 7 nitrogen and oxygen atoms in total. The first-order valence-corrected chi connectivity index (χ1v) is 8.90. The minimum atomic E-state index is -3.55. The van der Waals surface area contributed by atoms with Crippen LogP contribution < -0.4 is 11.1 Å². The Kier molecular flexibility index (Phi) is 6.43. The molecule has 0 aliphatic rings. The molecule has 0 atom stereocenters. The molecular formula is C12H20N2O5S2. The fourth-order valence-corrected chi connectivity index (χ4v) is 4.20. The Bertz CT molecular complexity index is 595. The molecule has 0 radical (unpaired) electrons. The SMILES string of the molecule is CCOC(=O)c1sc(NCCOC)c(S(=O)(=O)CC)c1N. The maximum atomic E-state index is 12.2. The summed E-state index contributed by atoms with van der Waals surface area (Å²) in [6.45, 7) is 4.19. The largest absolute Gasteiger partial charge is 0.462 e. The van der Waals surface area contributed by atoms with E-state index in [1.54, 1.807) is 6.92 Å². The van der Waals surface area contributed by atoms with E-state index >= 15 is 0 Å². The van der Waals surface area contributed by atoms with Gasteiger partial charge in [0.1, 0.15) is 14.8 Å². The highest BCUT2D eigenvalue weighted by molar-refractivity contribution is 7.91. The topological polar surface area (TPSA) is 108 Å². The quantitative estimate of drug-likeness (QED) is 0.545. The first-order chi connectivity index (χ1) is 9.88. The molecule has 1 aromatic rings. The molecule has 1 heterocycles. The second kappa shape index (κ2) is 7.62. The number of nitrogen functional groups attached to an aromatic ring is 1. The zero-order valence-electron chi connectivity index (χ0n) is 12.3. The van der Waals surface area contributed by atoms with Crippen LogP contribution in [0.2, 0.25) is 0 Å². The van der Waals surface area contributed by atoms with E-state index in [1.165, 1.54) is 14.0 Å². The Morgan fingerprint density at radius 1 is 1.38 bits per heavy atom. The van der Waals surface area contributed by atoms with Gasteiger partial charge in [-0.25, -0.2) is 13.2 Å². The molecule has 0 fully saturated rings. The Labute approximate surface area is 128 Å². The van der Waals surface area contributed by atoms with Gasteiger partial charge >= 0.3 is 5.97 Å². The van der Waals surface area contributed by atoms with Crippen LogP contribution in [-0.4, -0.2) is 47.0 Å². The van der Waals surface area contributed by atoms with E-state index in [-0.39, 0.29) is 27.8 Å². The van der Waals surface area contributed by atoms with Crippen LogP contribution in [0.5, 0.6) is 0 Å². The highest BCUT2D eigenvalue weighted by Gasteiger charge is 2.29. The van der Waals surface area contributed by atoms with Crippen molar-refractivity contribution in [2.24, 2.45) is 0 Å². The molecule has 0 aromatic carbocycles. The first kappa shape index (κ1) is 17.7. The van der Waals surface area contributed by atoms with Gasteiger partial charge in [0.15, 0.2) is 9.84 Å². The molecule has 0 amide bonds. The van der Waals surface area contributed by atoms with Gasteiger partial charge < -0.3 is 20.5 Å². The number of nitrogens with two attached hydrogens (primary N) is 1. The van der Waals surface area contributed by atoms with Crippen molar-refractivity contribution in [3.63, 3.8) is 0 Å². The lowest BCUT2D eigenvalue weighted by molar-refractivity contribution is 0.0533. The van der Waals surface area contributed by atoms with Crippen LogP contribution in [-0.2, 0) is 19.3 Å². The van der Waals surface area contributed by atoms with Crippen LogP contribution in [0.4, 0.5) is 10.7 Å². The third-order valence-electron chi connectivity index (χ3n) is 2.64. The third kappa shape index (κ3) is 4.08. The number of sulfone groups is 1. The molecule has 0 saturated heterocycles. The van der Waals surface area contributed by atoms with Crippen molar-refractivity contribution >= 4 is 37.8 Å². The molecule has 0 aliphatic heterocycles. The van der Waals surface area contributed by atoms with Crippen LogP contribution >= 0.6 is 11.3 Å². The average Bonchev–Trinajstić information content (AvgIpc) is 2.77. The number of carbonyl (C=O) groups excluding carboxylic acids is 1. The molecule has 21 heavy (non-hydrogen) atoms. The molecule has 120 valence electrons. The van der Waals surface area contributed by atoms with Gasteiger partial charge in [-0.1, -0.05) is 6.92 Å². The van der Waals surface area contributed by atoms with Gasteiger partial charge in [0.2, 0.25) is 0 Å². The number of esters is 1. The van der Waals surface area contributed by atoms with E-state index in [4.69, 9.17) is 15.2 Å². The molecule has 1 aromatic heterocycles. The maximum absolute atomic E-state index is 12.2. The Morgan fingerprint density at radius 2 is 2.05 bits per heavy atom. The van der Waals surface area contributed by atoms with E-state index in [2.05, 4.69) is 5.32 Å². The average molecular weight is 336 g/mol. The number of ether oxygens (including phenoxy) is 2. The second-order valence-corrected chi connectivity index (χ2v) is 7.28. The predicted molar refractivity (Wildman–Crippen MR) is 82.8 cm³/mol. The van der Waals surface area contributed by atoms with Crippen LogP contribution in [0.25, 0.3) is 0 Å². The smallest absolute Gasteiger partial charge is 0.350 e. The number of hydrogen-bond donors (Lipinski definition) is 2. The molecule has 9 heteroatoms. The Morgan fingerprint density at radius 3 is 2.57 bits per heavy atom. The number of rotatable bonds is 8. The minimum absolute atomic E-state index is 0.0332. The molecule has 0 unspecified atom stereocenters. The van der Waals surface area contributed by atoms with Crippen LogP contribution in [0.15, 0.2) is 4.90 Å². The van der Waals surface area contributed by atoms with Gasteiger partial charge in [0.25, 0.3) is 0 Å². The molecule has 0 bridgehead atoms. The summed E-state index contributed by atoms with van der Waals surface area (Å²) in [6.07, 6.45) is 0. The van der Waals surface area contributed by atoms with E-state index in [0.29, 0.717) is 18.2 Å². The van der Waals surface area contributed by atoms with E-state index in [0.717, 1.165) is 11.3 Å². The number of carbonyl (C=O) groups is 1. The van der Waals surface area contributed by atoms with E-state index in [9.17, 15) is 13.2 Å². The molecule has 0 saturated carbocycles. The zero-order chi connectivity index (χ0) is 16.0. The second-order valence-electron chi connectivity index (χ2n) is 4.05. The number of methoxy groups -OCH3 is 1. The maximum Gasteiger partial charge on any atom is 0.350 e. The molecule has 0 spiro atoms. The van der Waals surface area contributed by atoms with E-state index < -0.39 is 15.8 Å². The number of hydrogen-bond acceptors (Lipinski definition) is 8. The molecule has 3 N–H and O–H groups in total. The minimum Gasteiger partial charge on any atom is -0.462 e. The number of nitrogens with one attached hydrogen (secondary N) is 1. The summed E-state index contributed by atoms with van der Waals surface area (Å²) in [7, 11) is -2.01. The van der Waals surface area contributed by atoms with Gasteiger partial charge in [-0.2, -0.15) is 0 Å². The lowest BCUT2D eigenvalue weighted by Gasteiger charge is -2.07. The number of thiophene rings is 1. The van der Waals surface area contributed by atoms with Gasteiger partial charge in [-0.3, -0.25) is 0 Å². The van der Waals surface area contributed by atoms with E-state index in [1.807, 2.05) is 0 Å². The van der Waals surface area contributed by atoms with Crippen molar-refractivity contribution in [2.75, 3.05) is 43.7 Å². The lowest BCUT2D eigenvalue weighted by Crippen LogP contribution is -2.12. The van der Waals surface area contributed by atoms with Crippen molar-refractivity contribution < 1.29 is 22.7 Å². The normalized spacial score (nSPS) is 11.4. The molecule has 1 rings (SSSR count). The summed E-state index contributed by atoms with van der Waals surface area (Å²) < 4.78 is 34.1. The summed E-state index contributed by atoms with van der Waals surface area (Å²) in [5.74, 6) is -0.720. The van der Waals surface area contributed by atoms with Crippen molar-refractivity contribution in [2.45, 2.75) is 18.7 Å². The first-order valence-electron chi connectivity index (χ1n) is 6.43. The summed E-state index contributed by atoms with van der Waals surface area (Å²) in [5, 5.41) is 3.28. The summed E-state index contributed by atoms with van der Waals surface area (Å²) in [5.41, 5.74) is 5.81. The van der Waals surface area contributed by atoms with Crippen molar-refractivity contribution in [3.8, 4) is 0 Å². The molecule has 0 aliphatic carbocycles. The summed E-state index contributed by atoms with van der Waals surface area (Å²) >= 11 is 0.981. The Hall–Kier alpha value is -1.32. The monoisotopic (exact) mass is 336 g/mol. The zero-order valence-corrected chi connectivity index (χ0v) is 13.9. The summed E-state index contributed by atoms with van der Waals surface area (Å²) in [4.78, 5) is 11.9. The van der Waals surface area contributed by atoms with Crippen LogP contribution in [0.3, 0.4) is 0 Å². The van der Waals surface area contributed by atoms with Gasteiger partial charge in [-0.05, 0) is 6.92 Å². The standard InChI is InChI=1S/C12H20N2O5S2/c1-4-19-12(15)9-8(13)10(21(16,17)5-2)11(20-9)14-6-7-18-3/h14H,4-7,13H2,1-3H3. The van der Waals surface area contributed by atoms with Crippen molar-refractivity contribution in [3.05, 3.63) is 4.88 Å². The fourth-order valence-electron chi connectivity index (χ4n) is 1.61. The van der Waals surface area contributed by atoms with Crippen LogP contribution in [0, 0.1) is 0 Å². The van der Waals surface area contributed by atoms with Crippen molar-refractivity contribution in [1.29, 1.82) is 0 Å². The fraction of sp³-hybridized carbons (Fsp3) is 0.583. The van der Waals surface area contributed by atoms with Gasteiger partial charge in [0, 0.05) is 13.7 Å². The predicted octanol–water partition coefficient (Wildman–Crippen LogP) is 1.36. The third-order valence-corrected chi connectivity index (χ3v) is 5.72. The van der Waals surface area contributed by atoms with Crippen molar-refractivity contribution in [1.82, 2.24) is 0 Å². The lowest BCUT2D eigenvalue weighted by atomic mass is 10.4. The highest BCUT2D eigenvalue weighted by atomic mass is 32.2. The molecular weight excluding hydrogens is 316 g/mol.